The monoisotopic (exact) mass is 214 g/mol. The zero-order valence-electron chi connectivity index (χ0n) is 6.12. The fourth-order valence-corrected chi connectivity index (χ4v) is 1.11. The second-order valence-electron chi connectivity index (χ2n) is 2.30. The molecule has 1 N–H and O–H groups in total. The third-order valence-corrected chi connectivity index (χ3v) is 1.89. The van der Waals surface area contributed by atoms with Crippen LogP contribution in [0.5, 0.6) is 0 Å². The highest BCUT2D eigenvalue weighted by Gasteiger charge is 2.16. The highest BCUT2D eigenvalue weighted by atomic mass is 79.9. The summed E-state index contributed by atoms with van der Waals surface area (Å²) in [6.45, 7) is 1.92. The Morgan fingerprint density at radius 1 is 1.45 bits per heavy atom. The summed E-state index contributed by atoms with van der Waals surface area (Å²) in [6.07, 6.45) is 0. The SMILES string of the molecule is Cc1ccccc1B(O)OBr. The number of rotatable bonds is 2. The molecule has 0 aliphatic rings. The van der Waals surface area contributed by atoms with Crippen molar-refractivity contribution in [3.05, 3.63) is 29.8 Å². The van der Waals surface area contributed by atoms with E-state index in [-0.39, 0.29) is 0 Å². The van der Waals surface area contributed by atoms with Crippen LogP contribution in [0.15, 0.2) is 24.3 Å². The van der Waals surface area contributed by atoms with E-state index in [4.69, 9.17) is 0 Å². The summed E-state index contributed by atoms with van der Waals surface area (Å²) >= 11 is 2.74. The Morgan fingerprint density at radius 3 is 2.64 bits per heavy atom. The van der Waals surface area contributed by atoms with E-state index >= 15 is 0 Å². The van der Waals surface area contributed by atoms with Crippen molar-refractivity contribution in [1.82, 2.24) is 0 Å². The molecule has 0 unspecified atom stereocenters. The number of hydrogen-bond acceptors (Lipinski definition) is 2. The standard InChI is InChI=1S/C7H8BBrO2/c1-6-4-2-3-5-7(6)8(10)11-9/h2-5,10H,1H3. The van der Waals surface area contributed by atoms with E-state index in [0.717, 1.165) is 11.0 Å². The third kappa shape index (κ3) is 2.05. The summed E-state index contributed by atoms with van der Waals surface area (Å²) in [5.41, 5.74) is 1.80. The summed E-state index contributed by atoms with van der Waals surface area (Å²) in [4.78, 5) is 0. The summed E-state index contributed by atoms with van der Waals surface area (Å²) < 4.78 is 4.59. The Labute approximate surface area is 74.8 Å². The molecule has 0 atom stereocenters. The highest BCUT2D eigenvalue weighted by Crippen LogP contribution is 1.97. The first-order chi connectivity index (χ1) is 5.25. The molecule has 0 amide bonds. The number of benzene rings is 1. The van der Waals surface area contributed by atoms with E-state index in [1.165, 1.54) is 0 Å². The molecule has 0 spiro atoms. The van der Waals surface area contributed by atoms with E-state index in [0.29, 0.717) is 0 Å². The van der Waals surface area contributed by atoms with Gasteiger partial charge >= 0.3 is 7.12 Å². The maximum atomic E-state index is 9.24. The molecule has 1 rings (SSSR count). The minimum Gasteiger partial charge on any atom is -0.423 e. The van der Waals surface area contributed by atoms with Gasteiger partial charge in [-0.05, 0) is 12.4 Å². The van der Waals surface area contributed by atoms with Crippen LogP contribution in [0.25, 0.3) is 0 Å². The van der Waals surface area contributed by atoms with Crippen LogP contribution >= 0.6 is 16.3 Å². The fourth-order valence-electron chi connectivity index (χ4n) is 0.912. The minimum absolute atomic E-state index is 0.782. The summed E-state index contributed by atoms with van der Waals surface area (Å²) in [5, 5.41) is 9.24. The molecule has 0 fully saturated rings. The normalized spacial score (nSPS) is 9.73. The van der Waals surface area contributed by atoms with Crippen LogP contribution in [0.4, 0.5) is 0 Å². The van der Waals surface area contributed by atoms with E-state index in [2.05, 4.69) is 20.0 Å². The van der Waals surface area contributed by atoms with E-state index in [1.807, 2.05) is 31.2 Å². The lowest BCUT2D eigenvalue weighted by atomic mass is 9.77. The largest absolute Gasteiger partial charge is 0.502 e. The van der Waals surface area contributed by atoms with Crippen LogP contribution in [0.1, 0.15) is 5.56 Å². The molecule has 0 saturated carbocycles. The fraction of sp³-hybridized carbons (Fsp3) is 0.143. The quantitative estimate of drug-likeness (QED) is 0.745. The van der Waals surface area contributed by atoms with Crippen LogP contribution < -0.4 is 5.46 Å². The minimum atomic E-state index is -0.879. The van der Waals surface area contributed by atoms with Gasteiger partial charge in [-0.25, -0.2) is 0 Å². The first-order valence-corrected chi connectivity index (χ1v) is 3.91. The molecule has 58 valence electrons. The third-order valence-electron chi connectivity index (χ3n) is 1.54. The molecule has 1 aromatic rings. The van der Waals surface area contributed by atoms with Crippen LogP contribution in [0.3, 0.4) is 0 Å². The predicted octanol–water partition coefficient (Wildman–Crippen LogP) is 1.01. The Bertz CT molecular complexity index is 242. The second-order valence-corrected chi connectivity index (χ2v) is 2.67. The van der Waals surface area contributed by atoms with E-state index < -0.39 is 7.12 Å². The van der Waals surface area contributed by atoms with Gasteiger partial charge in [0, 0.05) is 0 Å². The van der Waals surface area contributed by atoms with Crippen molar-refractivity contribution in [3.63, 3.8) is 0 Å². The van der Waals surface area contributed by atoms with Crippen molar-refractivity contribution >= 4 is 28.8 Å². The smallest absolute Gasteiger partial charge is 0.423 e. The molecule has 0 saturated heterocycles. The molecule has 2 nitrogen and oxygen atoms in total. The number of hydrogen-bond donors (Lipinski definition) is 1. The van der Waals surface area contributed by atoms with Gasteiger partial charge in [0.05, 0.1) is 16.3 Å². The molecule has 4 heteroatoms. The van der Waals surface area contributed by atoms with Gasteiger partial charge in [0.15, 0.2) is 0 Å². The first kappa shape index (κ1) is 8.78. The van der Waals surface area contributed by atoms with Gasteiger partial charge in [-0.1, -0.05) is 29.8 Å². The predicted molar refractivity (Wildman–Crippen MR) is 48.8 cm³/mol. The lowest BCUT2D eigenvalue weighted by molar-refractivity contribution is 0.479. The first-order valence-electron chi connectivity index (χ1n) is 3.26. The van der Waals surface area contributed by atoms with Gasteiger partial charge < -0.3 is 8.77 Å². The van der Waals surface area contributed by atoms with E-state index in [1.54, 1.807) is 0 Å². The molecular weight excluding hydrogens is 207 g/mol. The van der Waals surface area contributed by atoms with Crippen molar-refractivity contribution in [2.45, 2.75) is 6.92 Å². The number of aryl methyl sites for hydroxylation is 1. The van der Waals surface area contributed by atoms with Crippen LogP contribution in [0, 0.1) is 6.92 Å². The molecule has 0 aliphatic carbocycles. The van der Waals surface area contributed by atoms with E-state index in [9.17, 15) is 5.02 Å². The zero-order chi connectivity index (χ0) is 8.27. The van der Waals surface area contributed by atoms with Gasteiger partial charge in [-0.3, -0.25) is 0 Å². The topological polar surface area (TPSA) is 29.5 Å². The van der Waals surface area contributed by atoms with Crippen molar-refractivity contribution < 1.29 is 8.77 Å². The van der Waals surface area contributed by atoms with Crippen LogP contribution in [-0.4, -0.2) is 12.1 Å². The Hall–Kier alpha value is -0.315. The van der Waals surface area contributed by atoms with Gasteiger partial charge in [-0.15, -0.1) is 0 Å². The summed E-state index contributed by atoms with van der Waals surface area (Å²) in [7, 11) is -0.879. The average Bonchev–Trinajstić information content (AvgIpc) is 2.04. The second kappa shape index (κ2) is 3.90. The lowest BCUT2D eigenvalue weighted by Crippen LogP contribution is -2.32. The van der Waals surface area contributed by atoms with Crippen molar-refractivity contribution in [1.29, 1.82) is 0 Å². The molecule has 0 aliphatic heterocycles. The summed E-state index contributed by atoms with van der Waals surface area (Å²) in [6, 6.07) is 7.52. The van der Waals surface area contributed by atoms with Crippen LogP contribution in [0.2, 0.25) is 0 Å². The number of halogens is 1. The van der Waals surface area contributed by atoms with Crippen molar-refractivity contribution in [2.24, 2.45) is 0 Å². The summed E-state index contributed by atoms with van der Waals surface area (Å²) in [5.74, 6) is 0. The zero-order valence-corrected chi connectivity index (χ0v) is 7.71. The average molecular weight is 215 g/mol. The van der Waals surface area contributed by atoms with Gasteiger partial charge in [0.1, 0.15) is 0 Å². The molecule has 0 radical (unpaired) electrons. The maximum absolute atomic E-state index is 9.24. The van der Waals surface area contributed by atoms with Gasteiger partial charge in [0.25, 0.3) is 0 Å². The van der Waals surface area contributed by atoms with Gasteiger partial charge in [0.2, 0.25) is 0 Å². The molecule has 0 bridgehead atoms. The Morgan fingerprint density at radius 2 is 2.09 bits per heavy atom. The Kier molecular flexibility index (Phi) is 3.11. The Balaban J connectivity index is 2.93. The maximum Gasteiger partial charge on any atom is 0.502 e. The van der Waals surface area contributed by atoms with Crippen LogP contribution in [-0.2, 0) is 3.75 Å². The highest BCUT2D eigenvalue weighted by molar-refractivity contribution is 9.06. The molecule has 0 heterocycles. The van der Waals surface area contributed by atoms with Crippen molar-refractivity contribution in [3.8, 4) is 0 Å². The molecular formula is C7H8BBrO2. The van der Waals surface area contributed by atoms with Crippen molar-refractivity contribution in [2.75, 3.05) is 0 Å². The van der Waals surface area contributed by atoms with Gasteiger partial charge in [-0.2, -0.15) is 0 Å². The molecule has 11 heavy (non-hydrogen) atoms. The molecule has 0 aromatic heterocycles. The molecule has 1 aromatic carbocycles. The lowest BCUT2D eigenvalue weighted by Gasteiger charge is -2.04.